The second-order valence-electron chi connectivity index (χ2n) is 4.81. The van der Waals surface area contributed by atoms with Gasteiger partial charge in [-0.2, -0.15) is 11.8 Å². The summed E-state index contributed by atoms with van der Waals surface area (Å²) >= 11 is 1.50. The van der Waals surface area contributed by atoms with Crippen LogP contribution >= 0.6 is 11.8 Å². The summed E-state index contributed by atoms with van der Waals surface area (Å²) in [5, 5.41) is 21.8. The minimum Gasteiger partial charge on any atom is -0.480 e. The van der Waals surface area contributed by atoms with Gasteiger partial charge in [0.05, 0.1) is 6.10 Å². The smallest absolute Gasteiger partial charge is 0.324 e. The zero-order valence-corrected chi connectivity index (χ0v) is 10.9. The Morgan fingerprint density at radius 2 is 2.12 bits per heavy atom. The zero-order valence-electron chi connectivity index (χ0n) is 10.1. The molecule has 0 amide bonds. The maximum absolute atomic E-state index is 11.2. The Balaban J connectivity index is 2.46. The number of hydrogen-bond acceptors (Lipinski definition) is 4. The van der Waals surface area contributed by atoms with Gasteiger partial charge in [0.25, 0.3) is 0 Å². The molecule has 0 aromatic carbocycles. The molecular weight excluding hydrogens is 226 g/mol. The van der Waals surface area contributed by atoms with Crippen LogP contribution in [0.1, 0.15) is 33.6 Å². The van der Waals surface area contributed by atoms with Gasteiger partial charge in [-0.15, -0.1) is 0 Å². The summed E-state index contributed by atoms with van der Waals surface area (Å²) in [6, 6.07) is 0.364. The number of nitrogens with one attached hydrogen (secondary N) is 1. The first kappa shape index (κ1) is 13.8. The van der Waals surface area contributed by atoms with Crippen molar-refractivity contribution in [3.8, 4) is 0 Å². The molecule has 1 rings (SSSR count). The fourth-order valence-corrected chi connectivity index (χ4v) is 2.36. The summed E-state index contributed by atoms with van der Waals surface area (Å²) in [6.07, 6.45) is 1.72. The molecule has 3 atom stereocenters. The van der Waals surface area contributed by atoms with E-state index in [1.54, 1.807) is 13.8 Å². The van der Waals surface area contributed by atoms with Crippen molar-refractivity contribution in [1.82, 2.24) is 5.32 Å². The van der Waals surface area contributed by atoms with Gasteiger partial charge < -0.3 is 10.2 Å². The maximum Gasteiger partial charge on any atom is 0.324 e. The molecule has 0 heterocycles. The average molecular weight is 247 g/mol. The monoisotopic (exact) mass is 247 g/mol. The molecular formula is C11H21NO3S. The largest absolute Gasteiger partial charge is 0.480 e. The van der Waals surface area contributed by atoms with Crippen molar-refractivity contribution >= 4 is 17.7 Å². The first-order valence-electron chi connectivity index (χ1n) is 5.66. The van der Waals surface area contributed by atoms with Crippen LogP contribution in [0.4, 0.5) is 0 Å². The molecule has 0 aromatic heterocycles. The molecule has 0 saturated heterocycles. The molecule has 4 nitrogen and oxygen atoms in total. The lowest BCUT2D eigenvalue weighted by Crippen LogP contribution is -2.53. The molecule has 0 aliphatic heterocycles. The molecule has 1 aliphatic carbocycles. The second kappa shape index (κ2) is 5.38. The number of aliphatic hydroxyl groups is 1. The number of carboxylic acids is 1. The Morgan fingerprint density at radius 1 is 1.56 bits per heavy atom. The van der Waals surface area contributed by atoms with E-state index in [0.29, 0.717) is 11.8 Å². The normalized spacial score (nSPS) is 23.5. The molecule has 1 aliphatic rings. The number of carboxylic acid groups (broad SMARTS) is 1. The highest BCUT2D eigenvalue weighted by atomic mass is 32.2. The van der Waals surface area contributed by atoms with E-state index in [2.05, 4.69) is 5.32 Å². The number of hydrogen-bond donors (Lipinski definition) is 3. The third kappa shape index (κ3) is 3.96. The predicted octanol–water partition coefficient (Wildman–Crippen LogP) is 1.08. The molecule has 0 bridgehead atoms. The third-order valence-corrected chi connectivity index (χ3v) is 4.55. The predicted molar refractivity (Wildman–Crippen MR) is 65.8 cm³/mol. The third-order valence-electron chi connectivity index (χ3n) is 2.89. The summed E-state index contributed by atoms with van der Waals surface area (Å²) < 4.78 is 0. The van der Waals surface area contributed by atoms with E-state index in [-0.39, 0.29) is 5.25 Å². The van der Waals surface area contributed by atoms with Gasteiger partial charge in [0.1, 0.15) is 5.54 Å². The number of rotatable bonds is 7. The van der Waals surface area contributed by atoms with Crippen LogP contribution in [0.25, 0.3) is 0 Å². The highest BCUT2D eigenvalue weighted by Gasteiger charge is 2.38. The molecule has 1 fully saturated rings. The standard InChI is InChI=1S/C11H21NO3S/c1-7(13)8(2)16-6-11(3,10(14)15)12-9-4-5-9/h7-9,12-13H,4-6H2,1-3H3,(H,14,15). The molecule has 94 valence electrons. The van der Waals surface area contributed by atoms with Gasteiger partial charge in [0.2, 0.25) is 0 Å². The lowest BCUT2D eigenvalue weighted by molar-refractivity contribution is -0.143. The highest BCUT2D eigenvalue weighted by molar-refractivity contribution is 8.00. The van der Waals surface area contributed by atoms with E-state index in [4.69, 9.17) is 0 Å². The summed E-state index contributed by atoms with van der Waals surface area (Å²) in [7, 11) is 0. The Hall–Kier alpha value is -0.260. The van der Waals surface area contributed by atoms with Crippen LogP contribution in [0.3, 0.4) is 0 Å². The molecule has 5 heteroatoms. The average Bonchev–Trinajstić information content (AvgIpc) is 2.97. The van der Waals surface area contributed by atoms with Gasteiger partial charge in [0, 0.05) is 17.0 Å². The second-order valence-corrected chi connectivity index (χ2v) is 6.18. The molecule has 3 N–H and O–H groups in total. The van der Waals surface area contributed by atoms with E-state index in [1.807, 2.05) is 6.92 Å². The minimum atomic E-state index is -0.880. The number of aliphatic hydroxyl groups excluding tert-OH is 1. The van der Waals surface area contributed by atoms with E-state index < -0.39 is 17.6 Å². The molecule has 16 heavy (non-hydrogen) atoms. The summed E-state index contributed by atoms with van der Waals surface area (Å²) in [5.41, 5.74) is -0.880. The van der Waals surface area contributed by atoms with Crippen molar-refractivity contribution in [2.75, 3.05) is 5.75 Å². The lowest BCUT2D eigenvalue weighted by atomic mass is 10.1. The topological polar surface area (TPSA) is 69.6 Å². The highest BCUT2D eigenvalue weighted by Crippen LogP contribution is 2.26. The Morgan fingerprint density at radius 3 is 2.50 bits per heavy atom. The van der Waals surface area contributed by atoms with Crippen molar-refractivity contribution in [2.24, 2.45) is 0 Å². The fraction of sp³-hybridized carbons (Fsp3) is 0.909. The van der Waals surface area contributed by atoms with Gasteiger partial charge in [-0.25, -0.2) is 0 Å². The van der Waals surface area contributed by atoms with Crippen molar-refractivity contribution in [3.63, 3.8) is 0 Å². The maximum atomic E-state index is 11.2. The molecule has 0 radical (unpaired) electrons. The van der Waals surface area contributed by atoms with Crippen LogP contribution in [-0.2, 0) is 4.79 Å². The minimum absolute atomic E-state index is 0.0553. The van der Waals surface area contributed by atoms with Gasteiger partial charge in [-0.05, 0) is 26.7 Å². The van der Waals surface area contributed by atoms with E-state index in [0.717, 1.165) is 12.8 Å². The Bertz CT molecular complexity index is 256. The number of carbonyl (C=O) groups is 1. The fourth-order valence-electron chi connectivity index (χ4n) is 1.28. The van der Waals surface area contributed by atoms with Gasteiger partial charge in [-0.3, -0.25) is 10.1 Å². The summed E-state index contributed by atoms with van der Waals surface area (Å²) in [4.78, 5) is 11.2. The van der Waals surface area contributed by atoms with Crippen LogP contribution in [0.15, 0.2) is 0 Å². The van der Waals surface area contributed by atoms with Crippen molar-refractivity contribution in [1.29, 1.82) is 0 Å². The Labute approximate surface area is 101 Å². The van der Waals surface area contributed by atoms with Crippen LogP contribution in [0.2, 0.25) is 0 Å². The van der Waals surface area contributed by atoms with E-state index >= 15 is 0 Å². The summed E-state index contributed by atoms with van der Waals surface area (Å²) in [6.45, 7) is 5.36. The number of thioether (sulfide) groups is 1. The van der Waals surface area contributed by atoms with Crippen molar-refractivity contribution in [3.05, 3.63) is 0 Å². The van der Waals surface area contributed by atoms with E-state index in [1.165, 1.54) is 11.8 Å². The van der Waals surface area contributed by atoms with Crippen LogP contribution in [0.5, 0.6) is 0 Å². The van der Waals surface area contributed by atoms with E-state index in [9.17, 15) is 15.0 Å². The molecule has 0 aromatic rings. The molecule has 1 saturated carbocycles. The first-order valence-corrected chi connectivity index (χ1v) is 6.71. The van der Waals surface area contributed by atoms with Crippen molar-refractivity contribution < 1.29 is 15.0 Å². The quantitative estimate of drug-likeness (QED) is 0.628. The first-order chi connectivity index (χ1) is 7.35. The molecule has 0 spiro atoms. The SMILES string of the molecule is CC(O)C(C)SCC(C)(NC1CC1)C(=O)O. The van der Waals surface area contributed by atoms with Gasteiger partial charge in [-0.1, -0.05) is 6.92 Å². The molecule has 3 unspecified atom stereocenters. The number of aliphatic carboxylic acids is 1. The van der Waals surface area contributed by atoms with Gasteiger partial charge >= 0.3 is 5.97 Å². The van der Waals surface area contributed by atoms with Crippen LogP contribution in [0, 0.1) is 0 Å². The van der Waals surface area contributed by atoms with Gasteiger partial charge in [0.15, 0.2) is 0 Å². The van der Waals surface area contributed by atoms with Crippen LogP contribution < -0.4 is 5.32 Å². The zero-order chi connectivity index (χ0) is 12.3. The lowest BCUT2D eigenvalue weighted by Gasteiger charge is -2.28. The van der Waals surface area contributed by atoms with Crippen molar-refractivity contribution in [2.45, 2.75) is 56.5 Å². The van der Waals surface area contributed by atoms with Crippen LogP contribution in [-0.4, -0.2) is 44.9 Å². The summed E-state index contributed by atoms with van der Waals surface area (Å²) in [5.74, 6) is -0.338. The Kier molecular flexibility index (Phi) is 4.64.